The van der Waals surface area contributed by atoms with Crippen molar-refractivity contribution in [1.29, 1.82) is 0 Å². The number of pyridine rings is 1. The molecule has 1 N–H and O–H groups in total. The summed E-state index contributed by atoms with van der Waals surface area (Å²) in [5.74, 6) is -0.0232. The molecule has 1 amide bonds. The van der Waals surface area contributed by atoms with Crippen LogP contribution in [0.4, 0.5) is 5.69 Å². The van der Waals surface area contributed by atoms with Crippen LogP contribution in [0.25, 0.3) is 17.0 Å². The molecule has 156 valence electrons. The van der Waals surface area contributed by atoms with Crippen molar-refractivity contribution in [1.82, 2.24) is 4.98 Å². The van der Waals surface area contributed by atoms with Crippen LogP contribution in [0.5, 0.6) is 0 Å². The molecule has 0 aliphatic heterocycles. The lowest BCUT2D eigenvalue weighted by Gasteiger charge is -2.09. The number of aromatic nitrogens is 1. The van der Waals surface area contributed by atoms with Gasteiger partial charge in [-0.1, -0.05) is 93.6 Å². The number of amides is 1. The van der Waals surface area contributed by atoms with Crippen molar-refractivity contribution in [3.8, 4) is 0 Å². The first-order valence-electron chi connectivity index (χ1n) is 11.2. The molecule has 0 saturated heterocycles. The predicted molar refractivity (Wildman–Crippen MR) is 128 cm³/mol. The number of rotatable bonds is 11. The number of benzene rings is 2. The van der Waals surface area contributed by atoms with E-state index in [1.165, 1.54) is 38.5 Å². The molecule has 0 unspecified atom stereocenters. The highest BCUT2D eigenvalue weighted by atomic mass is 16.1. The molecule has 3 heteroatoms. The van der Waals surface area contributed by atoms with Gasteiger partial charge in [-0.3, -0.25) is 9.78 Å². The molecule has 3 rings (SSSR count). The zero-order valence-corrected chi connectivity index (χ0v) is 17.9. The van der Waals surface area contributed by atoms with Crippen molar-refractivity contribution < 1.29 is 4.79 Å². The van der Waals surface area contributed by atoms with Gasteiger partial charge < -0.3 is 5.32 Å². The Balaban J connectivity index is 1.56. The number of allylic oxidation sites excluding steroid dienone is 1. The molecule has 1 heterocycles. The lowest BCUT2D eigenvalue weighted by atomic mass is 10.0. The maximum Gasteiger partial charge on any atom is 0.228 e. The van der Waals surface area contributed by atoms with Crippen LogP contribution in [-0.2, 0) is 11.2 Å². The normalized spacial score (nSPS) is 11.2. The molecule has 2 aromatic carbocycles. The van der Waals surface area contributed by atoms with Crippen molar-refractivity contribution >= 4 is 28.6 Å². The van der Waals surface area contributed by atoms with Gasteiger partial charge in [0, 0.05) is 11.6 Å². The van der Waals surface area contributed by atoms with E-state index in [-0.39, 0.29) is 5.91 Å². The van der Waals surface area contributed by atoms with Gasteiger partial charge in [0.15, 0.2) is 0 Å². The molecule has 0 aliphatic carbocycles. The van der Waals surface area contributed by atoms with Gasteiger partial charge in [0.2, 0.25) is 5.91 Å². The first-order valence-corrected chi connectivity index (χ1v) is 11.2. The van der Waals surface area contributed by atoms with E-state index in [1.807, 2.05) is 48.5 Å². The number of unbranched alkanes of at least 4 members (excludes halogenated alkanes) is 6. The van der Waals surface area contributed by atoms with Crippen LogP contribution in [-0.4, -0.2) is 10.9 Å². The van der Waals surface area contributed by atoms with Crippen LogP contribution in [0, 0.1) is 0 Å². The maximum absolute atomic E-state index is 12.7. The van der Waals surface area contributed by atoms with Gasteiger partial charge >= 0.3 is 0 Å². The first kappa shape index (κ1) is 21.8. The van der Waals surface area contributed by atoms with Crippen LogP contribution in [0.1, 0.15) is 63.0 Å². The van der Waals surface area contributed by atoms with E-state index in [0.717, 1.165) is 34.1 Å². The lowest BCUT2D eigenvalue weighted by molar-refractivity contribution is -0.115. The molecule has 0 radical (unpaired) electrons. The quantitative estimate of drug-likeness (QED) is 0.346. The van der Waals surface area contributed by atoms with Gasteiger partial charge in [-0.15, -0.1) is 0 Å². The minimum absolute atomic E-state index is 0.0232. The second-order valence-electron chi connectivity index (χ2n) is 7.76. The fourth-order valence-corrected chi connectivity index (χ4v) is 3.68. The lowest BCUT2D eigenvalue weighted by Crippen LogP contribution is -2.15. The Hall–Kier alpha value is -2.94. The summed E-state index contributed by atoms with van der Waals surface area (Å²) in [5.41, 5.74) is 3.74. The Bertz CT molecular complexity index is 972. The third kappa shape index (κ3) is 6.55. The topological polar surface area (TPSA) is 42.0 Å². The maximum atomic E-state index is 12.7. The summed E-state index contributed by atoms with van der Waals surface area (Å²) < 4.78 is 0. The summed E-state index contributed by atoms with van der Waals surface area (Å²) in [6, 6.07) is 17.9. The second-order valence-corrected chi connectivity index (χ2v) is 7.76. The Morgan fingerprint density at radius 1 is 0.933 bits per heavy atom. The smallest absolute Gasteiger partial charge is 0.228 e. The number of nitrogens with one attached hydrogen (secondary N) is 1. The van der Waals surface area contributed by atoms with Gasteiger partial charge in [-0.25, -0.2) is 0 Å². The molecule has 0 aliphatic rings. The van der Waals surface area contributed by atoms with Crippen LogP contribution in [0.3, 0.4) is 0 Å². The van der Waals surface area contributed by atoms with Crippen LogP contribution < -0.4 is 5.32 Å². The Kier molecular flexibility index (Phi) is 8.64. The highest BCUT2D eigenvalue weighted by Gasteiger charge is 2.09. The Morgan fingerprint density at radius 3 is 2.63 bits per heavy atom. The fourth-order valence-electron chi connectivity index (χ4n) is 3.68. The molecule has 3 aromatic rings. The minimum Gasteiger partial charge on any atom is -0.324 e. The highest BCUT2D eigenvalue weighted by Crippen LogP contribution is 2.21. The summed E-state index contributed by atoms with van der Waals surface area (Å²) in [5, 5.41) is 4.06. The summed E-state index contributed by atoms with van der Waals surface area (Å²) in [6.45, 7) is 2.25. The summed E-state index contributed by atoms with van der Waals surface area (Å²) in [4.78, 5) is 17.1. The van der Waals surface area contributed by atoms with Crippen LogP contribution >= 0.6 is 0 Å². The molecular weight excluding hydrogens is 368 g/mol. The molecule has 1 aromatic heterocycles. The van der Waals surface area contributed by atoms with E-state index in [4.69, 9.17) is 0 Å². The molecule has 3 nitrogen and oxygen atoms in total. The average Bonchev–Trinajstić information content (AvgIpc) is 2.77. The average molecular weight is 401 g/mol. The largest absolute Gasteiger partial charge is 0.324 e. The molecule has 0 fully saturated rings. The molecular formula is C27H32N2O. The zero-order valence-electron chi connectivity index (χ0n) is 17.9. The van der Waals surface area contributed by atoms with Crippen LogP contribution in [0.15, 0.2) is 66.9 Å². The monoisotopic (exact) mass is 400 g/mol. The van der Waals surface area contributed by atoms with Crippen LogP contribution in [0.2, 0.25) is 0 Å². The van der Waals surface area contributed by atoms with E-state index >= 15 is 0 Å². The highest BCUT2D eigenvalue weighted by molar-refractivity contribution is 6.01. The number of anilines is 1. The Morgan fingerprint density at radius 2 is 1.73 bits per heavy atom. The SMILES string of the molecule is CCCCCCCC/C=C/c1ccccc1CC(=O)Nc1cccc2cccnc12. The predicted octanol–water partition coefficient (Wildman–Crippen LogP) is 7.18. The minimum atomic E-state index is -0.0232. The number of carbonyl (C=O) groups is 1. The summed E-state index contributed by atoms with van der Waals surface area (Å²) in [7, 11) is 0. The fraction of sp³-hybridized carbons (Fsp3) is 0.333. The number of fused-ring (bicyclic) bond motifs is 1. The van der Waals surface area contributed by atoms with E-state index in [9.17, 15) is 4.79 Å². The molecule has 0 saturated carbocycles. The number of carbonyl (C=O) groups excluding carboxylic acids is 1. The van der Waals surface area contributed by atoms with Crippen molar-refractivity contribution in [2.75, 3.05) is 5.32 Å². The molecule has 0 spiro atoms. The van der Waals surface area contributed by atoms with E-state index in [1.54, 1.807) is 6.20 Å². The van der Waals surface area contributed by atoms with E-state index in [2.05, 4.69) is 35.4 Å². The number of nitrogens with zero attached hydrogens (tertiary/aromatic N) is 1. The first-order chi connectivity index (χ1) is 14.8. The summed E-state index contributed by atoms with van der Waals surface area (Å²) in [6.07, 6.45) is 15.5. The van der Waals surface area contributed by atoms with Crippen molar-refractivity contribution in [2.24, 2.45) is 0 Å². The molecule has 30 heavy (non-hydrogen) atoms. The van der Waals surface area contributed by atoms with Gasteiger partial charge in [-0.2, -0.15) is 0 Å². The van der Waals surface area contributed by atoms with Gasteiger partial charge in [0.05, 0.1) is 17.6 Å². The molecule has 0 bridgehead atoms. The third-order valence-corrected chi connectivity index (χ3v) is 5.33. The van der Waals surface area contributed by atoms with Crippen molar-refractivity contribution in [3.63, 3.8) is 0 Å². The van der Waals surface area contributed by atoms with E-state index in [0.29, 0.717) is 6.42 Å². The zero-order chi connectivity index (χ0) is 21.0. The number of hydrogen-bond donors (Lipinski definition) is 1. The second kappa shape index (κ2) is 11.9. The molecule has 0 atom stereocenters. The number of para-hydroxylation sites is 1. The standard InChI is InChI=1S/C27H32N2O/c1-2-3-4-5-6-7-8-9-14-22-15-10-11-16-24(22)21-26(30)29-25-19-12-17-23-18-13-20-28-27(23)25/h9-20H,2-8,21H2,1H3,(H,29,30)/b14-9+. The third-order valence-electron chi connectivity index (χ3n) is 5.33. The van der Waals surface area contributed by atoms with Gasteiger partial charge in [0.1, 0.15) is 0 Å². The van der Waals surface area contributed by atoms with E-state index < -0.39 is 0 Å². The Labute approximate surface area is 180 Å². The van der Waals surface area contributed by atoms with Crippen molar-refractivity contribution in [2.45, 2.75) is 58.3 Å². The van der Waals surface area contributed by atoms with Crippen molar-refractivity contribution in [3.05, 3.63) is 78.0 Å². The summed E-state index contributed by atoms with van der Waals surface area (Å²) >= 11 is 0. The van der Waals surface area contributed by atoms with Gasteiger partial charge in [-0.05, 0) is 36.1 Å². The number of hydrogen-bond acceptors (Lipinski definition) is 2. The van der Waals surface area contributed by atoms with Gasteiger partial charge in [0.25, 0.3) is 0 Å².